The molecule has 0 rings (SSSR count). The third-order valence-corrected chi connectivity index (χ3v) is 4.17. The fraction of sp³-hybridized carbons (Fsp3) is 0.905. The van der Waals surface area contributed by atoms with Crippen LogP contribution in [-0.2, 0) is 9.59 Å². The van der Waals surface area contributed by atoms with E-state index in [1.807, 2.05) is 6.92 Å². The molecule has 0 aliphatic rings. The summed E-state index contributed by atoms with van der Waals surface area (Å²) in [6.45, 7) is 6.46. The molecule has 0 aromatic heterocycles. The number of hydrogen-bond acceptors (Lipinski definition) is 2. The van der Waals surface area contributed by atoms with Crippen LogP contribution in [0, 0.1) is 5.92 Å². The van der Waals surface area contributed by atoms with Crippen molar-refractivity contribution in [3.8, 4) is 0 Å². The van der Waals surface area contributed by atoms with Crippen molar-refractivity contribution in [3.63, 3.8) is 0 Å². The number of aldehydes is 2. The third-order valence-electron chi connectivity index (χ3n) is 4.17. The van der Waals surface area contributed by atoms with Crippen molar-refractivity contribution in [1.29, 1.82) is 0 Å². The molecule has 0 bridgehead atoms. The van der Waals surface area contributed by atoms with Crippen LogP contribution in [0.25, 0.3) is 0 Å². The maximum Gasteiger partial charge on any atom is 0.122 e. The Labute approximate surface area is 145 Å². The second-order valence-corrected chi connectivity index (χ2v) is 6.75. The Balaban J connectivity index is 0. The predicted molar refractivity (Wildman–Crippen MR) is 102 cm³/mol. The van der Waals surface area contributed by atoms with Gasteiger partial charge in [-0.2, -0.15) is 0 Å². The molecule has 0 saturated heterocycles. The molecule has 1 unspecified atom stereocenters. The summed E-state index contributed by atoms with van der Waals surface area (Å²) in [5, 5.41) is 0. The van der Waals surface area contributed by atoms with Gasteiger partial charge in [-0.25, -0.2) is 0 Å². The summed E-state index contributed by atoms with van der Waals surface area (Å²) in [5.74, 6) is 0.274. The van der Waals surface area contributed by atoms with Crippen LogP contribution in [0.3, 0.4) is 0 Å². The fourth-order valence-electron chi connectivity index (χ4n) is 2.50. The molecule has 0 radical (unpaired) electrons. The van der Waals surface area contributed by atoms with Gasteiger partial charge in [0.25, 0.3) is 0 Å². The topological polar surface area (TPSA) is 34.1 Å². The molecule has 0 saturated carbocycles. The number of carbonyl (C=O) groups is 2. The Kier molecular flexibility index (Phi) is 25.2. The Morgan fingerprint density at radius 1 is 0.652 bits per heavy atom. The monoisotopic (exact) mass is 326 g/mol. The van der Waals surface area contributed by atoms with Crippen LogP contribution >= 0.6 is 0 Å². The van der Waals surface area contributed by atoms with Crippen molar-refractivity contribution in [2.75, 3.05) is 0 Å². The normalized spacial score (nSPS) is 11.4. The molecular weight excluding hydrogens is 284 g/mol. The van der Waals surface area contributed by atoms with Gasteiger partial charge in [-0.1, -0.05) is 97.8 Å². The maximum atomic E-state index is 10.3. The van der Waals surface area contributed by atoms with Crippen LogP contribution < -0.4 is 0 Å². The lowest BCUT2D eigenvalue weighted by atomic mass is 10.0. The molecular formula is C21H42O2. The largest absolute Gasteiger partial charge is 0.303 e. The van der Waals surface area contributed by atoms with Crippen LogP contribution in [0.5, 0.6) is 0 Å². The lowest BCUT2D eigenvalue weighted by Gasteiger charge is -2.02. The summed E-state index contributed by atoms with van der Waals surface area (Å²) in [4.78, 5) is 20.2. The molecule has 2 heteroatoms. The first-order valence-corrected chi connectivity index (χ1v) is 10.1. The molecule has 0 spiro atoms. The highest BCUT2D eigenvalue weighted by Gasteiger charge is 1.98. The summed E-state index contributed by atoms with van der Waals surface area (Å²) in [7, 11) is 0. The van der Waals surface area contributed by atoms with Crippen molar-refractivity contribution in [1.82, 2.24) is 0 Å². The minimum Gasteiger partial charge on any atom is -0.303 e. The van der Waals surface area contributed by atoms with Gasteiger partial charge >= 0.3 is 0 Å². The maximum absolute atomic E-state index is 10.3. The molecule has 1 atom stereocenters. The van der Waals surface area contributed by atoms with E-state index in [1.165, 1.54) is 77.0 Å². The zero-order valence-electron chi connectivity index (χ0n) is 16.2. The summed E-state index contributed by atoms with van der Waals surface area (Å²) < 4.78 is 0. The number of unbranched alkanes of at least 4 members (excludes halogenated alkanes) is 12. The Hall–Kier alpha value is -0.660. The minimum absolute atomic E-state index is 0.274. The highest BCUT2D eigenvalue weighted by Crippen LogP contribution is 2.11. The minimum atomic E-state index is 0.274. The van der Waals surface area contributed by atoms with Crippen molar-refractivity contribution in [2.24, 2.45) is 5.92 Å². The summed E-state index contributed by atoms with van der Waals surface area (Å²) in [6.07, 6.45) is 20.9. The van der Waals surface area contributed by atoms with Crippen molar-refractivity contribution in [2.45, 2.75) is 117 Å². The first-order valence-electron chi connectivity index (χ1n) is 10.1. The van der Waals surface area contributed by atoms with E-state index in [-0.39, 0.29) is 5.92 Å². The molecule has 138 valence electrons. The van der Waals surface area contributed by atoms with Gasteiger partial charge in [-0.15, -0.1) is 0 Å². The van der Waals surface area contributed by atoms with Gasteiger partial charge in [0, 0.05) is 12.3 Å². The summed E-state index contributed by atoms with van der Waals surface area (Å²) in [5.41, 5.74) is 0. The van der Waals surface area contributed by atoms with Crippen LogP contribution in [0.15, 0.2) is 0 Å². The molecule has 23 heavy (non-hydrogen) atoms. The van der Waals surface area contributed by atoms with Crippen LogP contribution in [0.2, 0.25) is 0 Å². The zero-order valence-corrected chi connectivity index (χ0v) is 16.2. The Morgan fingerprint density at radius 2 is 1.09 bits per heavy atom. The van der Waals surface area contributed by atoms with Crippen LogP contribution in [-0.4, -0.2) is 12.6 Å². The van der Waals surface area contributed by atoms with E-state index in [1.54, 1.807) is 0 Å². The van der Waals surface area contributed by atoms with E-state index in [4.69, 9.17) is 0 Å². The first kappa shape index (κ1) is 24.6. The smallest absolute Gasteiger partial charge is 0.122 e. The highest BCUT2D eigenvalue weighted by atomic mass is 16.1. The predicted octanol–water partition coefficient (Wildman–Crippen LogP) is 6.90. The lowest BCUT2D eigenvalue weighted by molar-refractivity contribution is -0.111. The van der Waals surface area contributed by atoms with Crippen molar-refractivity contribution >= 4 is 12.6 Å². The van der Waals surface area contributed by atoms with Crippen molar-refractivity contribution in [3.05, 3.63) is 0 Å². The zero-order chi connectivity index (χ0) is 17.6. The average molecular weight is 327 g/mol. The van der Waals surface area contributed by atoms with E-state index in [9.17, 15) is 9.59 Å². The van der Waals surface area contributed by atoms with Gasteiger partial charge in [-0.05, 0) is 12.8 Å². The molecule has 0 N–H and O–H groups in total. The number of rotatable bonds is 16. The quantitative estimate of drug-likeness (QED) is 0.228. The van der Waals surface area contributed by atoms with E-state index in [0.717, 1.165) is 31.8 Å². The Bertz CT molecular complexity index is 226. The van der Waals surface area contributed by atoms with Gasteiger partial charge < -0.3 is 9.59 Å². The third kappa shape index (κ3) is 26.5. The summed E-state index contributed by atoms with van der Waals surface area (Å²) in [6, 6.07) is 0. The van der Waals surface area contributed by atoms with E-state index in [0.29, 0.717) is 0 Å². The van der Waals surface area contributed by atoms with Crippen molar-refractivity contribution < 1.29 is 9.59 Å². The molecule has 0 aromatic carbocycles. The molecule has 0 aliphatic heterocycles. The first-order chi connectivity index (χ1) is 11.2. The second-order valence-electron chi connectivity index (χ2n) is 6.75. The van der Waals surface area contributed by atoms with Gasteiger partial charge in [0.05, 0.1) is 0 Å². The van der Waals surface area contributed by atoms with E-state index < -0.39 is 0 Å². The fourth-order valence-corrected chi connectivity index (χ4v) is 2.50. The molecule has 0 aromatic rings. The second kappa shape index (κ2) is 23.6. The lowest BCUT2D eigenvalue weighted by Crippen LogP contribution is -1.94. The molecule has 0 amide bonds. The standard InChI is InChI=1S/C12H24O.C9H18O/c1-3-4-5-6-7-8-9-10-12(2)11-13;1-2-3-4-5-6-7-8-9-10/h11-12H,3-10H2,1-2H3;9H,2-8H2,1H3. The summed E-state index contributed by atoms with van der Waals surface area (Å²) >= 11 is 0. The molecule has 0 aliphatic carbocycles. The average Bonchev–Trinajstić information content (AvgIpc) is 2.57. The van der Waals surface area contributed by atoms with Crippen LogP contribution in [0.4, 0.5) is 0 Å². The highest BCUT2D eigenvalue weighted by molar-refractivity contribution is 5.52. The van der Waals surface area contributed by atoms with Gasteiger partial charge in [-0.3, -0.25) is 0 Å². The molecule has 0 fully saturated rings. The van der Waals surface area contributed by atoms with Gasteiger partial charge in [0.15, 0.2) is 0 Å². The Morgan fingerprint density at radius 3 is 1.52 bits per heavy atom. The molecule has 0 heterocycles. The number of hydrogen-bond donors (Lipinski definition) is 0. The van der Waals surface area contributed by atoms with Crippen LogP contribution in [0.1, 0.15) is 117 Å². The SMILES string of the molecule is CCCCCCCCC=O.CCCCCCCCCC(C)C=O. The number of carbonyl (C=O) groups excluding carboxylic acids is 2. The van der Waals surface area contributed by atoms with Gasteiger partial charge in [0.2, 0.25) is 0 Å². The van der Waals surface area contributed by atoms with E-state index >= 15 is 0 Å². The van der Waals surface area contributed by atoms with E-state index in [2.05, 4.69) is 13.8 Å². The molecule has 2 nitrogen and oxygen atoms in total. The van der Waals surface area contributed by atoms with Gasteiger partial charge in [0.1, 0.15) is 12.6 Å².